The number of ether oxygens (including phenoxy) is 1. The van der Waals surface area contributed by atoms with Crippen molar-refractivity contribution in [3.05, 3.63) is 34.3 Å². The molecule has 1 unspecified atom stereocenters. The molecule has 0 fully saturated rings. The van der Waals surface area contributed by atoms with E-state index in [-0.39, 0.29) is 4.75 Å². The average Bonchev–Trinajstić information content (AvgIpc) is 2.27. The van der Waals surface area contributed by atoms with Gasteiger partial charge in [0.25, 0.3) is 0 Å². The molecule has 3 nitrogen and oxygen atoms in total. The van der Waals surface area contributed by atoms with Crippen LogP contribution in [0, 0.1) is 0 Å². The Labute approximate surface area is 118 Å². The molecule has 0 spiro atoms. The zero-order chi connectivity index (χ0) is 13.3. The quantitative estimate of drug-likeness (QED) is 0.904. The lowest BCUT2D eigenvalue weighted by atomic mass is 10.1. The van der Waals surface area contributed by atoms with Crippen molar-refractivity contribution >= 4 is 32.6 Å². The van der Waals surface area contributed by atoms with Crippen LogP contribution in [0.3, 0.4) is 0 Å². The van der Waals surface area contributed by atoms with Crippen LogP contribution >= 0.6 is 15.9 Å². The Morgan fingerprint density at radius 1 is 1.39 bits per heavy atom. The van der Waals surface area contributed by atoms with E-state index in [1.165, 1.54) is 0 Å². The molecule has 0 bridgehead atoms. The molecule has 1 aliphatic heterocycles. The molecule has 1 heterocycles. The third-order valence-electron chi connectivity index (χ3n) is 2.52. The highest BCUT2D eigenvalue weighted by Crippen LogP contribution is 2.31. The Morgan fingerprint density at radius 2 is 2.11 bits per heavy atom. The summed E-state index contributed by atoms with van der Waals surface area (Å²) >= 11 is 3.41. The number of halogens is 1. The van der Waals surface area contributed by atoms with Crippen LogP contribution in [-0.2, 0) is 11.0 Å². The van der Waals surface area contributed by atoms with Crippen LogP contribution in [0.25, 0.3) is 5.70 Å². The number of rotatable bonds is 2. The average molecular weight is 330 g/mol. The van der Waals surface area contributed by atoms with Gasteiger partial charge < -0.3 is 9.46 Å². The van der Waals surface area contributed by atoms with Gasteiger partial charge in [-0.2, -0.15) is 0 Å². The SMILES string of the molecule is CC(C)(C)S(=O)NC1=CCOc2cc(Br)ccc21. The smallest absolute Gasteiger partial charge is 0.130 e. The van der Waals surface area contributed by atoms with Crippen molar-refractivity contribution in [3.8, 4) is 5.75 Å². The predicted molar refractivity (Wildman–Crippen MR) is 78.6 cm³/mol. The molecule has 5 heteroatoms. The molecule has 1 N–H and O–H groups in total. The fourth-order valence-corrected chi connectivity index (χ4v) is 2.55. The molecule has 98 valence electrons. The van der Waals surface area contributed by atoms with Crippen LogP contribution in [-0.4, -0.2) is 15.6 Å². The lowest BCUT2D eigenvalue weighted by molar-refractivity contribution is 0.356. The van der Waals surface area contributed by atoms with Gasteiger partial charge in [0.1, 0.15) is 23.3 Å². The summed E-state index contributed by atoms with van der Waals surface area (Å²) in [5, 5.41) is 0. The van der Waals surface area contributed by atoms with E-state index in [0.717, 1.165) is 21.5 Å². The summed E-state index contributed by atoms with van der Waals surface area (Å²) in [5.74, 6) is 0.806. The van der Waals surface area contributed by atoms with Crippen molar-refractivity contribution in [2.75, 3.05) is 6.61 Å². The van der Waals surface area contributed by atoms with E-state index in [9.17, 15) is 4.21 Å². The molecule has 18 heavy (non-hydrogen) atoms. The standard InChI is InChI=1S/C13H16BrNO2S/c1-13(2,3)18(16)15-11-6-7-17-12-8-9(14)4-5-10(11)12/h4-6,8,15H,7H2,1-3H3. The number of hydrogen-bond acceptors (Lipinski definition) is 2. The van der Waals surface area contributed by atoms with E-state index in [4.69, 9.17) is 4.74 Å². The third kappa shape index (κ3) is 2.95. The fourth-order valence-electron chi connectivity index (χ4n) is 1.51. The molecule has 0 aromatic heterocycles. The first-order valence-electron chi connectivity index (χ1n) is 5.69. The van der Waals surface area contributed by atoms with Crippen LogP contribution in [0.15, 0.2) is 28.7 Å². The maximum atomic E-state index is 12.1. The summed E-state index contributed by atoms with van der Waals surface area (Å²) < 4.78 is 21.4. The van der Waals surface area contributed by atoms with Gasteiger partial charge in [0.05, 0.1) is 10.4 Å². The van der Waals surface area contributed by atoms with E-state index in [0.29, 0.717) is 6.61 Å². The predicted octanol–water partition coefficient (Wildman–Crippen LogP) is 3.23. The number of fused-ring (bicyclic) bond motifs is 1. The molecule has 1 aromatic carbocycles. The number of nitrogens with one attached hydrogen (secondary N) is 1. The van der Waals surface area contributed by atoms with Gasteiger partial charge in [-0.05, 0) is 45.0 Å². The molecule has 0 radical (unpaired) electrons. The number of hydrogen-bond donors (Lipinski definition) is 1. The van der Waals surface area contributed by atoms with E-state index in [2.05, 4.69) is 20.7 Å². The van der Waals surface area contributed by atoms with E-state index in [1.54, 1.807) is 0 Å². The fraction of sp³-hybridized carbons (Fsp3) is 0.385. The van der Waals surface area contributed by atoms with Crippen LogP contribution in [0.4, 0.5) is 0 Å². The highest BCUT2D eigenvalue weighted by atomic mass is 79.9. The minimum absolute atomic E-state index is 0.297. The molecule has 1 aromatic rings. The Kier molecular flexibility index (Phi) is 3.82. The summed E-state index contributed by atoms with van der Waals surface area (Å²) in [5.41, 5.74) is 1.82. The van der Waals surface area contributed by atoms with E-state index < -0.39 is 11.0 Å². The molecular formula is C13H16BrNO2S. The molecule has 2 rings (SSSR count). The van der Waals surface area contributed by atoms with Gasteiger partial charge in [0.2, 0.25) is 0 Å². The molecule has 0 saturated carbocycles. The van der Waals surface area contributed by atoms with Crippen LogP contribution in [0.1, 0.15) is 26.3 Å². The van der Waals surface area contributed by atoms with Gasteiger partial charge in [-0.25, -0.2) is 4.21 Å². The highest BCUT2D eigenvalue weighted by molar-refractivity contribution is 9.10. The molecule has 1 aliphatic rings. The van der Waals surface area contributed by atoms with Crippen molar-refractivity contribution in [2.45, 2.75) is 25.5 Å². The Balaban J connectivity index is 2.27. The van der Waals surface area contributed by atoms with Crippen molar-refractivity contribution < 1.29 is 8.95 Å². The topological polar surface area (TPSA) is 38.3 Å². The molecule has 0 aliphatic carbocycles. The Hall–Kier alpha value is -0.810. The summed E-state index contributed by atoms with van der Waals surface area (Å²) in [4.78, 5) is 0. The maximum absolute atomic E-state index is 12.1. The lowest BCUT2D eigenvalue weighted by Gasteiger charge is -2.24. The van der Waals surface area contributed by atoms with Gasteiger partial charge in [-0.15, -0.1) is 0 Å². The first kappa shape index (κ1) is 13.6. The molecule has 0 amide bonds. The maximum Gasteiger partial charge on any atom is 0.130 e. The number of benzene rings is 1. The zero-order valence-corrected chi connectivity index (χ0v) is 13.0. The van der Waals surface area contributed by atoms with Gasteiger partial charge in [-0.1, -0.05) is 15.9 Å². The van der Waals surface area contributed by atoms with Crippen molar-refractivity contribution in [3.63, 3.8) is 0 Å². The molecular weight excluding hydrogens is 314 g/mol. The summed E-state index contributed by atoms with van der Waals surface area (Å²) in [6, 6.07) is 5.82. The largest absolute Gasteiger partial charge is 0.489 e. The first-order chi connectivity index (χ1) is 8.38. The van der Waals surface area contributed by atoms with Crippen molar-refractivity contribution in [1.29, 1.82) is 0 Å². The molecule has 1 atom stereocenters. The minimum Gasteiger partial charge on any atom is -0.489 e. The summed E-state index contributed by atoms with van der Waals surface area (Å²) in [6.45, 7) is 6.32. The van der Waals surface area contributed by atoms with E-state index in [1.807, 2.05) is 45.0 Å². The van der Waals surface area contributed by atoms with Gasteiger partial charge in [0.15, 0.2) is 0 Å². The minimum atomic E-state index is -1.13. The zero-order valence-electron chi connectivity index (χ0n) is 10.6. The lowest BCUT2D eigenvalue weighted by Crippen LogP contribution is -2.33. The van der Waals surface area contributed by atoms with Crippen molar-refractivity contribution in [1.82, 2.24) is 4.72 Å². The second kappa shape index (κ2) is 5.05. The monoisotopic (exact) mass is 329 g/mol. The van der Waals surface area contributed by atoms with Gasteiger partial charge >= 0.3 is 0 Å². The first-order valence-corrected chi connectivity index (χ1v) is 7.63. The normalized spacial score (nSPS) is 16.3. The van der Waals surface area contributed by atoms with Crippen LogP contribution in [0.2, 0.25) is 0 Å². The second-order valence-electron chi connectivity index (χ2n) is 5.05. The van der Waals surface area contributed by atoms with Crippen LogP contribution in [0.5, 0.6) is 5.75 Å². The second-order valence-corrected chi connectivity index (χ2v) is 7.93. The Morgan fingerprint density at radius 3 is 2.78 bits per heavy atom. The highest BCUT2D eigenvalue weighted by Gasteiger charge is 2.23. The van der Waals surface area contributed by atoms with Gasteiger partial charge in [0, 0.05) is 10.0 Å². The third-order valence-corrected chi connectivity index (χ3v) is 4.53. The summed E-state index contributed by atoms with van der Waals surface area (Å²) in [7, 11) is -1.13. The van der Waals surface area contributed by atoms with E-state index >= 15 is 0 Å². The van der Waals surface area contributed by atoms with Crippen LogP contribution < -0.4 is 9.46 Å². The Bertz CT molecular complexity index is 520. The van der Waals surface area contributed by atoms with Gasteiger partial charge in [-0.3, -0.25) is 0 Å². The molecule has 0 saturated heterocycles. The summed E-state index contributed by atoms with van der Waals surface area (Å²) in [6.07, 6.45) is 1.92. The van der Waals surface area contributed by atoms with Crippen molar-refractivity contribution in [2.24, 2.45) is 0 Å².